The van der Waals surface area contributed by atoms with Crippen LogP contribution in [0.5, 0.6) is 0 Å². The second kappa shape index (κ2) is 3.31. The Balaban J connectivity index is 4.08. The molecule has 0 aromatic carbocycles. The van der Waals surface area contributed by atoms with Gasteiger partial charge in [0.15, 0.2) is 5.78 Å². The van der Waals surface area contributed by atoms with Crippen LogP contribution in [0, 0.1) is 5.92 Å². The summed E-state index contributed by atoms with van der Waals surface area (Å²) in [4.78, 5) is 20.5. The Labute approximate surface area is 59.0 Å². The lowest BCUT2D eigenvalue weighted by Gasteiger charge is -2.13. The summed E-state index contributed by atoms with van der Waals surface area (Å²) in [6.07, 6.45) is 0. The van der Waals surface area contributed by atoms with E-state index in [1.165, 1.54) is 6.92 Å². The molecule has 2 unspecified atom stereocenters. The molecule has 0 spiro atoms. The van der Waals surface area contributed by atoms with Crippen molar-refractivity contribution in [3.05, 3.63) is 0 Å². The van der Waals surface area contributed by atoms with Crippen LogP contribution in [-0.4, -0.2) is 17.8 Å². The molecule has 0 aromatic rings. The Morgan fingerprint density at radius 3 is 1.90 bits per heavy atom. The van der Waals surface area contributed by atoms with E-state index in [1.807, 2.05) is 0 Å². The predicted octanol–water partition coefficient (Wildman–Crippen LogP) is -1.71. The normalized spacial score (nSPS) is 15.9. The van der Waals surface area contributed by atoms with Gasteiger partial charge in [-0.25, -0.2) is 0 Å². The van der Waals surface area contributed by atoms with Gasteiger partial charge in [-0.3, -0.25) is 4.79 Å². The lowest BCUT2D eigenvalue weighted by Crippen LogP contribution is -2.41. The van der Waals surface area contributed by atoms with E-state index in [1.54, 1.807) is 6.92 Å². The maximum Gasteiger partial charge on any atom is 0.182 e. The van der Waals surface area contributed by atoms with Gasteiger partial charge < -0.3 is 15.6 Å². The number of hydrogen-bond donors (Lipinski definition) is 1. The molecule has 4 nitrogen and oxygen atoms in total. The molecule has 0 aromatic heterocycles. The van der Waals surface area contributed by atoms with Crippen LogP contribution in [0.4, 0.5) is 0 Å². The van der Waals surface area contributed by atoms with Crippen molar-refractivity contribution in [1.82, 2.24) is 0 Å². The second-order valence-electron chi connectivity index (χ2n) is 2.30. The van der Waals surface area contributed by atoms with E-state index in [2.05, 4.69) is 0 Å². The van der Waals surface area contributed by atoms with Gasteiger partial charge in [0.05, 0.1) is 0 Å². The molecule has 0 heterocycles. The fourth-order valence-corrected chi connectivity index (χ4v) is 0.425. The zero-order valence-electron chi connectivity index (χ0n) is 5.96. The number of carboxylic acids is 1. The maximum atomic E-state index is 10.5. The van der Waals surface area contributed by atoms with Crippen LogP contribution in [0.25, 0.3) is 0 Å². The highest BCUT2D eigenvalue weighted by Gasteiger charge is 2.17. The maximum absolute atomic E-state index is 10.5. The average Bonchev–Trinajstić information content (AvgIpc) is 1.84. The molecule has 0 aliphatic carbocycles. The van der Waals surface area contributed by atoms with E-state index in [0.29, 0.717) is 0 Å². The molecule has 0 amide bonds. The number of carbonyl (C=O) groups excluding carboxylic acids is 2. The molecule has 0 fully saturated rings. The van der Waals surface area contributed by atoms with Crippen LogP contribution in [0.2, 0.25) is 0 Å². The number of ketones is 1. The molecular formula is C6H10NO3-. The van der Waals surface area contributed by atoms with Gasteiger partial charge in [0, 0.05) is 12.0 Å². The number of rotatable bonds is 3. The summed E-state index contributed by atoms with van der Waals surface area (Å²) in [7, 11) is 0. The highest BCUT2D eigenvalue weighted by Crippen LogP contribution is 1.99. The highest BCUT2D eigenvalue weighted by molar-refractivity contribution is 6.32. The minimum absolute atomic E-state index is 0.439. The zero-order chi connectivity index (χ0) is 8.31. The second-order valence-corrected chi connectivity index (χ2v) is 2.30. The summed E-state index contributed by atoms with van der Waals surface area (Å²) in [5, 5.41) is 9.93. The van der Waals surface area contributed by atoms with Gasteiger partial charge in [-0.15, -0.1) is 0 Å². The van der Waals surface area contributed by atoms with Crippen molar-refractivity contribution in [3.63, 3.8) is 0 Å². The molecule has 0 bridgehead atoms. The van der Waals surface area contributed by atoms with Gasteiger partial charge in [0.25, 0.3) is 0 Å². The van der Waals surface area contributed by atoms with E-state index < -0.39 is 23.7 Å². The fourth-order valence-electron chi connectivity index (χ4n) is 0.425. The van der Waals surface area contributed by atoms with Crippen LogP contribution < -0.4 is 10.8 Å². The predicted molar refractivity (Wildman–Crippen MR) is 32.8 cm³/mol. The van der Waals surface area contributed by atoms with Crippen molar-refractivity contribution in [2.45, 2.75) is 19.9 Å². The SMILES string of the molecule is CC(N)C(C)C(=O)C(=O)[O-]. The molecule has 2 N–H and O–H groups in total. The molecule has 4 heteroatoms. The number of aliphatic carboxylic acids is 1. The van der Waals surface area contributed by atoms with Crippen LogP contribution in [0.3, 0.4) is 0 Å². The minimum Gasteiger partial charge on any atom is -0.542 e. The summed E-state index contributed by atoms with van der Waals surface area (Å²) >= 11 is 0. The monoisotopic (exact) mass is 144 g/mol. The zero-order valence-corrected chi connectivity index (χ0v) is 5.96. The van der Waals surface area contributed by atoms with Gasteiger partial charge in [0.2, 0.25) is 0 Å². The summed E-state index contributed by atoms with van der Waals surface area (Å²) in [5.74, 6) is -3.26. The summed E-state index contributed by atoms with van der Waals surface area (Å²) in [5.41, 5.74) is 5.26. The molecule has 0 radical (unpaired) electrons. The molecule has 0 aliphatic rings. The molecule has 0 saturated carbocycles. The molecule has 0 aliphatic heterocycles. The number of nitrogens with two attached hydrogens (primary N) is 1. The van der Waals surface area contributed by atoms with Crippen LogP contribution in [0.1, 0.15) is 13.8 Å². The number of carboxylic acid groups (broad SMARTS) is 1. The van der Waals surface area contributed by atoms with Crippen LogP contribution in [0.15, 0.2) is 0 Å². The molecule has 10 heavy (non-hydrogen) atoms. The van der Waals surface area contributed by atoms with E-state index in [0.717, 1.165) is 0 Å². The van der Waals surface area contributed by atoms with E-state index in [9.17, 15) is 14.7 Å². The van der Waals surface area contributed by atoms with Gasteiger partial charge in [0.1, 0.15) is 5.97 Å². The largest absolute Gasteiger partial charge is 0.542 e. The quantitative estimate of drug-likeness (QED) is 0.478. The molecule has 58 valence electrons. The van der Waals surface area contributed by atoms with E-state index >= 15 is 0 Å². The first-order chi connectivity index (χ1) is 4.46. The molecule has 0 saturated heterocycles. The van der Waals surface area contributed by atoms with Crippen molar-refractivity contribution in [3.8, 4) is 0 Å². The van der Waals surface area contributed by atoms with Crippen LogP contribution in [-0.2, 0) is 9.59 Å². The lowest BCUT2D eigenvalue weighted by atomic mass is 10.00. The lowest BCUT2D eigenvalue weighted by molar-refractivity contribution is -0.300. The Morgan fingerprint density at radius 1 is 1.40 bits per heavy atom. The number of carbonyl (C=O) groups is 2. The van der Waals surface area contributed by atoms with Crippen LogP contribution >= 0.6 is 0 Å². The first kappa shape index (κ1) is 9.10. The Kier molecular flexibility index (Phi) is 3.02. The van der Waals surface area contributed by atoms with E-state index in [4.69, 9.17) is 5.73 Å². The van der Waals surface area contributed by atoms with E-state index in [-0.39, 0.29) is 0 Å². The van der Waals surface area contributed by atoms with Gasteiger partial charge in [-0.1, -0.05) is 6.92 Å². The number of hydrogen-bond acceptors (Lipinski definition) is 4. The number of Topliss-reactive ketones (excluding diaryl/α,β-unsaturated/α-hetero) is 1. The summed E-state index contributed by atoms with van der Waals surface area (Å²) < 4.78 is 0. The Morgan fingerprint density at radius 2 is 1.80 bits per heavy atom. The van der Waals surface area contributed by atoms with Crippen molar-refractivity contribution in [2.24, 2.45) is 11.7 Å². The minimum atomic E-state index is -1.66. The third-order valence-corrected chi connectivity index (χ3v) is 1.40. The van der Waals surface area contributed by atoms with Crippen molar-refractivity contribution in [1.29, 1.82) is 0 Å². The first-order valence-corrected chi connectivity index (χ1v) is 2.97. The fraction of sp³-hybridized carbons (Fsp3) is 0.667. The highest BCUT2D eigenvalue weighted by atomic mass is 16.4. The van der Waals surface area contributed by atoms with Gasteiger partial charge in [-0.05, 0) is 6.92 Å². The smallest absolute Gasteiger partial charge is 0.182 e. The third kappa shape index (κ3) is 2.14. The van der Waals surface area contributed by atoms with Crippen molar-refractivity contribution in [2.75, 3.05) is 0 Å². The topological polar surface area (TPSA) is 83.2 Å². The standard InChI is InChI=1S/C6H11NO3/c1-3(4(2)7)5(8)6(9)10/h3-4H,7H2,1-2H3,(H,9,10)/p-1. The third-order valence-electron chi connectivity index (χ3n) is 1.40. The molecular weight excluding hydrogens is 134 g/mol. The summed E-state index contributed by atoms with van der Waals surface area (Å²) in [6.45, 7) is 3.04. The van der Waals surface area contributed by atoms with Gasteiger partial charge >= 0.3 is 0 Å². The van der Waals surface area contributed by atoms with Crippen molar-refractivity contribution >= 4 is 11.8 Å². The molecule has 2 atom stereocenters. The van der Waals surface area contributed by atoms with Gasteiger partial charge in [-0.2, -0.15) is 0 Å². The van der Waals surface area contributed by atoms with Crippen molar-refractivity contribution < 1.29 is 14.7 Å². The Bertz CT molecular complexity index is 153. The average molecular weight is 144 g/mol. The molecule has 0 rings (SSSR count). The Hall–Kier alpha value is -0.900. The first-order valence-electron chi connectivity index (χ1n) is 2.97. The summed E-state index contributed by atoms with van der Waals surface area (Å²) in [6, 6.07) is -0.439.